The molecule has 0 unspecified atom stereocenters. The van der Waals surface area contributed by atoms with Crippen LogP contribution in [0.4, 0.5) is 0 Å². The zero-order chi connectivity index (χ0) is 12.5. The number of nitrogens with zero attached hydrogens (tertiary/aromatic N) is 4. The number of para-hydroxylation sites is 1. The van der Waals surface area contributed by atoms with Crippen LogP contribution in [0.1, 0.15) is 17.4 Å². The number of benzene rings is 1. The van der Waals surface area contributed by atoms with E-state index in [-0.39, 0.29) is 5.69 Å². The van der Waals surface area contributed by atoms with E-state index in [0.717, 1.165) is 11.0 Å². The molecule has 90 valence electrons. The van der Waals surface area contributed by atoms with Crippen molar-refractivity contribution >= 4 is 22.8 Å². The maximum Gasteiger partial charge on any atom is 0.358 e. The van der Waals surface area contributed by atoms with Gasteiger partial charge in [-0.1, -0.05) is 12.1 Å². The average Bonchev–Trinajstić information content (AvgIpc) is 2.83. The molecule has 6 nitrogen and oxygen atoms in total. The van der Waals surface area contributed by atoms with Crippen molar-refractivity contribution in [2.75, 3.05) is 6.61 Å². The van der Waals surface area contributed by atoms with Crippen LogP contribution in [-0.4, -0.2) is 32.2 Å². The number of ether oxygens (including phenoxy) is 1. The fourth-order valence-corrected chi connectivity index (χ4v) is 1.77. The molecule has 0 radical (unpaired) electrons. The smallest absolute Gasteiger partial charge is 0.358 e. The van der Waals surface area contributed by atoms with E-state index in [9.17, 15) is 4.79 Å². The quantitative estimate of drug-likeness (QED) is 0.636. The lowest BCUT2D eigenvalue weighted by molar-refractivity contribution is 0.0520. The molecule has 0 N–H and O–H groups in total. The third-order valence-corrected chi connectivity index (χ3v) is 2.56. The van der Waals surface area contributed by atoms with Gasteiger partial charge >= 0.3 is 5.97 Å². The summed E-state index contributed by atoms with van der Waals surface area (Å²) in [6.07, 6.45) is 1.62. The number of carbonyl (C=O) groups is 1. The minimum atomic E-state index is -0.452. The van der Waals surface area contributed by atoms with Crippen molar-refractivity contribution in [2.24, 2.45) is 0 Å². The Bertz CT molecular complexity index is 735. The molecule has 0 aliphatic heterocycles. The molecule has 3 aromatic rings. The van der Waals surface area contributed by atoms with Crippen LogP contribution in [0.15, 0.2) is 30.5 Å². The Labute approximate surface area is 102 Å². The first-order chi connectivity index (χ1) is 8.79. The average molecular weight is 242 g/mol. The second-order valence-electron chi connectivity index (χ2n) is 3.71. The Hall–Kier alpha value is -2.50. The molecule has 0 saturated heterocycles. The molecule has 0 amide bonds. The number of hydrogen-bond acceptors (Lipinski definition) is 5. The lowest BCUT2D eigenvalue weighted by Crippen LogP contribution is -2.04. The molecule has 2 aromatic heterocycles. The summed E-state index contributed by atoms with van der Waals surface area (Å²) in [5, 5.41) is 8.01. The molecule has 0 atom stereocenters. The summed E-state index contributed by atoms with van der Waals surface area (Å²) in [7, 11) is 0. The van der Waals surface area contributed by atoms with E-state index >= 15 is 0 Å². The predicted molar refractivity (Wildman–Crippen MR) is 64.2 cm³/mol. The minimum Gasteiger partial charge on any atom is -0.461 e. The Morgan fingerprint density at radius 3 is 3.00 bits per heavy atom. The van der Waals surface area contributed by atoms with E-state index in [0.29, 0.717) is 12.4 Å². The van der Waals surface area contributed by atoms with Crippen molar-refractivity contribution in [3.8, 4) is 0 Å². The monoisotopic (exact) mass is 242 g/mol. The van der Waals surface area contributed by atoms with Crippen molar-refractivity contribution < 1.29 is 9.53 Å². The number of rotatable bonds is 2. The fraction of sp³-hybridized carbons (Fsp3) is 0.167. The van der Waals surface area contributed by atoms with Crippen LogP contribution in [0.25, 0.3) is 16.8 Å². The molecule has 0 spiro atoms. The van der Waals surface area contributed by atoms with E-state index in [2.05, 4.69) is 15.2 Å². The van der Waals surface area contributed by atoms with Gasteiger partial charge in [-0.3, -0.25) is 4.40 Å². The number of fused-ring (bicyclic) bond motifs is 3. The number of esters is 1. The standard InChI is InChI=1S/C12H10N4O2/c1-2-18-11(17)9-7-16-10-6-4-3-5-8(10)14-15-12(16)13-9/h3-7H,2H2,1H3. The summed E-state index contributed by atoms with van der Waals surface area (Å²) in [5.74, 6) is -0.0659. The summed E-state index contributed by atoms with van der Waals surface area (Å²) in [4.78, 5) is 15.7. The molecule has 3 rings (SSSR count). The molecule has 6 heteroatoms. The first-order valence-electron chi connectivity index (χ1n) is 5.57. The van der Waals surface area contributed by atoms with Gasteiger partial charge in [0.15, 0.2) is 5.69 Å². The van der Waals surface area contributed by atoms with Crippen molar-refractivity contribution in [3.05, 3.63) is 36.2 Å². The van der Waals surface area contributed by atoms with Gasteiger partial charge in [-0.2, -0.15) is 0 Å². The van der Waals surface area contributed by atoms with Crippen molar-refractivity contribution in [1.82, 2.24) is 19.6 Å². The molecule has 1 aromatic carbocycles. The largest absolute Gasteiger partial charge is 0.461 e. The number of carbonyl (C=O) groups excluding carboxylic acids is 1. The van der Waals surface area contributed by atoms with Crippen LogP contribution < -0.4 is 0 Å². The molecule has 0 aliphatic rings. The molecule has 0 fully saturated rings. The molecule has 0 aliphatic carbocycles. The third-order valence-electron chi connectivity index (χ3n) is 2.56. The predicted octanol–water partition coefficient (Wildman–Crippen LogP) is 1.45. The lowest BCUT2D eigenvalue weighted by Gasteiger charge is -1.97. The SMILES string of the molecule is CCOC(=O)c1cn2c(nnc3ccccc32)n1. The third kappa shape index (κ3) is 1.58. The highest BCUT2D eigenvalue weighted by Gasteiger charge is 2.13. The first kappa shape index (κ1) is 10.6. The van der Waals surface area contributed by atoms with Crippen molar-refractivity contribution in [2.45, 2.75) is 6.92 Å². The maximum absolute atomic E-state index is 11.6. The highest BCUT2D eigenvalue weighted by molar-refractivity contribution is 5.88. The maximum atomic E-state index is 11.6. The summed E-state index contributed by atoms with van der Waals surface area (Å²) in [5.41, 5.74) is 1.84. The van der Waals surface area contributed by atoms with Gasteiger partial charge in [0.25, 0.3) is 5.78 Å². The highest BCUT2D eigenvalue weighted by Crippen LogP contribution is 2.13. The van der Waals surface area contributed by atoms with E-state index in [4.69, 9.17) is 4.74 Å². The summed E-state index contributed by atoms with van der Waals surface area (Å²) in [6, 6.07) is 7.53. The van der Waals surface area contributed by atoms with Crippen LogP contribution in [0.3, 0.4) is 0 Å². The molecule has 0 saturated carbocycles. The van der Waals surface area contributed by atoms with Gasteiger partial charge in [-0.25, -0.2) is 9.78 Å². The fourth-order valence-electron chi connectivity index (χ4n) is 1.77. The van der Waals surface area contributed by atoms with Gasteiger partial charge in [0.2, 0.25) is 0 Å². The number of imidazole rings is 1. The molecular weight excluding hydrogens is 232 g/mol. The first-order valence-corrected chi connectivity index (χ1v) is 5.57. The van der Waals surface area contributed by atoms with Gasteiger partial charge in [-0.05, 0) is 19.1 Å². The van der Waals surface area contributed by atoms with E-state index < -0.39 is 5.97 Å². The van der Waals surface area contributed by atoms with Gasteiger partial charge in [0, 0.05) is 6.20 Å². The van der Waals surface area contributed by atoms with Gasteiger partial charge in [0.1, 0.15) is 5.52 Å². The van der Waals surface area contributed by atoms with Crippen molar-refractivity contribution in [3.63, 3.8) is 0 Å². The number of hydrogen-bond donors (Lipinski definition) is 0. The number of aromatic nitrogens is 4. The molecular formula is C12H10N4O2. The lowest BCUT2D eigenvalue weighted by atomic mass is 10.3. The van der Waals surface area contributed by atoms with E-state index in [1.165, 1.54) is 0 Å². The Balaban J connectivity index is 2.22. The Morgan fingerprint density at radius 1 is 1.33 bits per heavy atom. The van der Waals surface area contributed by atoms with Crippen LogP contribution in [0.2, 0.25) is 0 Å². The highest BCUT2D eigenvalue weighted by atomic mass is 16.5. The summed E-state index contributed by atoms with van der Waals surface area (Å²) < 4.78 is 6.64. The van der Waals surface area contributed by atoms with Crippen LogP contribution in [0, 0.1) is 0 Å². The van der Waals surface area contributed by atoms with Crippen LogP contribution in [-0.2, 0) is 4.74 Å². The van der Waals surface area contributed by atoms with Gasteiger partial charge in [-0.15, -0.1) is 10.2 Å². The molecule has 2 heterocycles. The normalized spacial score (nSPS) is 10.9. The minimum absolute atomic E-state index is 0.238. The topological polar surface area (TPSA) is 69.4 Å². The zero-order valence-electron chi connectivity index (χ0n) is 9.70. The second kappa shape index (κ2) is 4.06. The second-order valence-corrected chi connectivity index (χ2v) is 3.71. The van der Waals surface area contributed by atoms with Crippen molar-refractivity contribution in [1.29, 1.82) is 0 Å². The van der Waals surface area contributed by atoms with Crippen LogP contribution >= 0.6 is 0 Å². The Morgan fingerprint density at radius 2 is 2.17 bits per heavy atom. The Kier molecular flexibility index (Phi) is 2.40. The molecule has 18 heavy (non-hydrogen) atoms. The van der Waals surface area contributed by atoms with Gasteiger partial charge in [0.05, 0.1) is 12.1 Å². The van der Waals surface area contributed by atoms with Crippen LogP contribution in [0.5, 0.6) is 0 Å². The molecule has 0 bridgehead atoms. The van der Waals surface area contributed by atoms with Gasteiger partial charge < -0.3 is 4.74 Å². The van der Waals surface area contributed by atoms with E-state index in [1.807, 2.05) is 24.3 Å². The summed E-state index contributed by atoms with van der Waals surface area (Å²) >= 11 is 0. The zero-order valence-corrected chi connectivity index (χ0v) is 9.70. The summed E-state index contributed by atoms with van der Waals surface area (Å²) in [6.45, 7) is 2.07. The van der Waals surface area contributed by atoms with E-state index in [1.54, 1.807) is 17.5 Å².